The average Bonchev–Trinajstić information content (AvgIpc) is 2.57. The number of hydrogen-bond donors (Lipinski definition) is 2. The fraction of sp³-hybridized carbons (Fsp3) is 0.778. The molecule has 0 radical (unpaired) electrons. The minimum Gasteiger partial charge on any atom is -0.480 e. The highest BCUT2D eigenvalue weighted by Gasteiger charge is 2.25. The summed E-state index contributed by atoms with van der Waals surface area (Å²) >= 11 is 0. The Balaban J connectivity index is 4.87. The van der Waals surface area contributed by atoms with Crippen LogP contribution in [0.5, 0.6) is 0 Å². The van der Waals surface area contributed by atoms with E-state index in [2.05, 4.69) is 0 Å². The molecule has 0 aromatic carbocycles. The Kier molecular flexibility index (Phi) is 12.2. The number of hydrogen-bond acceptors (Lipinski definition) is 8. The van der Waals surface area contributed by atoms with Gasteiger partial charge in [-0.3, -0.25) is 33.9 Å². The van der Waals surface area contributed by atoms with Crippen molar-refractivity contribution in [2.45, 2.75) is 27.7 Å². The summed E-state index contributed by atoms with van der Waals surface area (Å²) in [5, 5.41) is 18.2. The average molecular weight is 403 g/mol. The van der Waals surface area contributed by atoms with Crippen LogP contribution < -0.4 is 0 Å². The van der Waals surface area contributed by atoms with Crippen LogP contribution in [0.2, 0.25) is 0 Å². The molecule has 0 rings (SSSR count). The number of likely N-dealkylation sites (N-methyl/N-ethyl adjacent to an activating group) is 1. The second kappa shape index (κ2) is 13.2. The topological polar surface area (TPSA) is 128 Å². The summed E-state index contributed by atoms with van der Waals surface area (Å²) in [5.74, 6) is -2.13. The molecule has 2 N–H and O–H groups in total. The maximum absolute atomic E-state index is 12.2. The summed E-state index contributed by atoms with van der Waals surface area (Å²) in [6.45, 7) is 9.21. The molecule has 162 valence electrons. The van der Waals surface area contributed by atoms with Crippen LogP contribution in [0.4, 0.5) is 0 Å². The lowest BCUT2D eigenvalue weighted by molar-refractivity contribution is -0.141. The van der Waals surface area contributed by atoms with Gasteiger partial charge in [-0.1, -0.05) is 27.7 Å². The van der Waals surface area contributed by atoms with Crippen molar-refractivity contribution < 1.29 is 34.1 Å². The first-order chi connectivity index (χ1) is 13.0. The molecule has 0 fully saturated rings. The third-order valence-corrected chi connectivity index (χ3v) is 4.16. The molecule has 0 heterocycles. The van der Waals surface area contributed by atoms with Gasteiger partial charge >= 0.3 is 11.9 Å². The predicted molar refractivity (Wildman–Crippen MR) is 102 cm³/mol. The molecule has 10 nitrogen and oxygen atoms in total. The molecule has 0 bridgehead atoms. The van der Waals surface area contributed by atoms with Gasteiger partial charge in [0.15, 0.2) is 5.78 Å². The lowest BCUT2D eigenvalue weighted by Gasteiger charge is -2.29. The van der Waals surface area contributed by atoms with E-state index in [1.165, 1.54) is 4.90 Å². The Hall–Kier alpha value is -2.04. The van der Waals surface area contributed by atoms with Crippen LogP contribution >= 0.6 is 0 Å². The summed E-state index contributed by atoms with van der Waals surface area (Å²) in [6.07, 6.45) is 0. The lowest BCUT2D eigenvalue weighted by Crippen LogP contribution is -2.45. The zero-order valence-electron chi connectivity index (χ0n) is 17.2. The fourth-order valence-corrected chi connectivity index (χ4v) is 2.32. The van der Waals surface area contributed by atoms with Crippen LogP contribution in [0, 0.1) is 5.41 Å². The van der Waals surface area contributed by atoms with E-state index in [1.807, 2.05) is 11.8 Å². The Bertz CT molecular complexity index is 520. The van der Waals surface area contributed by atoms with Gasteiger partial charge in [-0.25, -0.2) is 0 Å². The first kappa shape index (κ1) is 26.0. The van der Waals surface area contributed by atoms with Crippen molar-refractivity contribution >= 4 is 24.2 Å². The number of carboxylic acids is 2. The number of nitrogens with zero attached hydrogens (tertiary/aromatic N) is 3. The molecule has 0 saturated heterocycles. The van der Waals surface area contributed by atoms with Crippen LogP contribution in [0.15, 0.2) is 0 Å². The van der Waals surface area contributed by atoms with Crippen molar-refractivity contribution in [3.63, 3.8) is 0 Å². The Morgan fingerprint density at radius 2 is 1.32 bits per heavy atom. The highest BCUT2D eigenvalue weighted by Crippen LogP contribution is 2.15. The molecular formula is C18H33N3O7. The largest absolute Gasteiger partial charge is 0.480 e. The minimum absolute atomic E-state index is 0.00896. The standard InChI is InChI=1S/C18H33N3O7/c1-5-19(13-28-14-22)6-7-20(11-16(24)25)8-9-21(12-17(26)27)10-15(23)18(2,3)4/h14H,5-13H2,1-4H3,(H,24,25)(H,26,27). The summed E-state index contributed by atoms with van der Waals surface area (Å²) in [7, 11) is 0. The van der Waals surface area contributed by atoms with E-state index >= 15 is 0 Å². The van der Waals surface area contributed by atoms with Crippen molar-refractivity contribution in [1.82, 2.24) is 14.7 Å². The van der Waals surface area contributed by atoms with Crippen molar-refractivity contribution in [3.05, 3.63) is 0 Å². The van der Waals surface area contributed by atoms with Gasteiger partial charge < -0.3 is 14.9 Å². The van der Waals surface area contributed by atoms with Gasteiger partial charge in [0.05, 0.1) is 19.6 Å². The monoisotopic (exact) mass is 403 g/mol. The Labute approximate surface area is 166 Å². The van der Waals surface area contributed by atoms with E-state index in [0.717, 1.165) is 0 Å². The van der Waals surface area contributed by atoms with E-state index in [4.69, 9.17) is 14.9 Å². The molecule has 0 aliphatic rings. The van der Waals surface area contributed by atoms with E-state index < -0.39 is 17.4 Å². The fourth-order valence-electron chi connectivity index (χ4n) is 2.32. The third-order valence-electron chi connectivity index (χ3n) is 4.16. The number of carbonyl (C=O) groups excluding carboxylic acids is 2. The van der Waals surface area contributed by atoms with Gasteiger partial charge in [-0.2, -0.15) is 0 Å². The van der Waals surface area contributed by atoms with Crippen LogP contribution in [0.1, 0.15) is 27.7 Å². The molecule has 28 heavy (non-hydrogen) atoms. The molecule has 0 aliphatic carbocycles. The lowest BCUT2D eigenvalue weighted by atomic mass is 9.90. The number of carboxylic acid groups (broad SMARTS) is 2. The van der Waals surface area contributed by atoms with Gasteiger partial charge in [0.1, 0.15) is 6.73 Å². The van der Waals surface area contributed by atoms with Gasteiger partial charge in [0.25, 0.3) is 6.47 Å². The maximum Gasteiger partial charge on any atom is 0.317 e. The summed E-state index contributed by atoms with van der Waals surface area (Å²) < 4.78 is 4.72. The molecular weight excluding hydrogens is 370 g/mol. The molecule has 10 heteroatoms. The van der Waals surface area contributed by atoms with Crippen molar-refractivity contribution in [1.29, 1.82) is 0 Å². The van der Waals surface area contributed by atoms with Gasteiger partial charge in [-0.15, -0.1) is 0 Å². The van der Waals surface area contributed by atoms with Crippen LogP contribution in [-0.2, 0) is 23.9 Å². The Morgan fingerprint density at radius 3 is 1.75 bits per heavy atom. The highest BCUT2D eigenvalue weighted by atomic mass is 16.5. The normalized spacial score (nSPS) is 11.8. The number of ketones is 1. The van der Waals surface area contributed by atoms with E-state index in [0.29, 0.717) is 32.7 Å². The number of Topliss-reactive ketones (excluding diaryl/α,β-unsaturated/α-hetero) is 1. The second-order valence-electron chi connectivity index (χ2n) is 7.55. The molecule has 0 aliphatic heterocycles. The van der Waals surface area contributed by atoms with Crippen molar-refractivity contribution in [2.24, 2.45) is 5.41 Å². The minimum atomic E-state index is -1.05. The van der Waals surface area contributed by atoms with E-state index in [-0.39, 0.29) is 38.7 Å². The Morgan fingerprint density at radius 1 is 0.857 bits per heavy atom. The predicted octanol–water partition coefficient (Wildman–Crippen LogP) is -0.173. The molecule has 0 atom stereocenters. The molecule has 0 amide bonds. The first-order valence-electron chi connectivity index (χ1n) is 9.18. The van der Waals surface area contributed by atoms with Gasteiger partial charge in [0, 0.05) is 31.6 Å². The van der Waals surface area contributed by atoms with Gasteiger partial charge in [-0.05, 0) is 6.54 Å². The number of ether oxygens (including phenoxy) is 1. The van der Waals surface area contributed by atoms with Crippen molar-refractivity contribution in [3.8, 4) is 0 Å². The van der Waals surface area contributed by atoms with Crippen LogP contribution in [-0.4, -0.2) is 108 Å². The highest BCUT2D eigenvalue weighted by molar-refractivity contribution is 5.86. The molecule has 0 aromatic rings. The SMILES string of the molecule is CCN(CCN(CCN(CC(=O)O)CC(=O)C(C)(C)C)CC(=O)O)COC=O. The number of rotatable bonds is 16. The second-order valence-corrected chi connectivity index (χ2v) is 7.55. The molecule has 0 spiro atoms. The van der Waals surface area contributed by atoms with Crippen LogP contribution in [0.25, 0.3) is 0 Å². The van der Waals surface area contributed by atoms with E-state index in [1.54, 1.807) is 25.7 Å². The number of carbonyl (C=O) groups is 4. The smallest absolute Gasteiger partial charge is 0.317 e. The molecule has 0 aromatic heterocycles. The third kappa shape index (κ3) is 12.4. The zero-order chi connectivity index (χ0) is 21.7. The first-order valence-corrected chi connectivity index (χ1v) is 9.18. The summed E-state index contributed by atoms with van der Waals surface area (Å²) in [6, 6.07) is 0. The van der Waals surface area contributed by atoms with Crippen molar-refractivity contribution in [2.75, 3.05) is 59.1 Å². The molecule has 0 unspecified atom stereocenters. The van der Waals surface area contributed by atoms with Crippen LogP contribution in [0.3, 0.4) is 0 Å². The number of aliphatic carboxylic acids is 2. The molecule has 0 saturated carbocycles. The maximum atomic E-state index is 12.2. The quantitative estimate of drug-likeness (QED) is 0.265. The zero-order valence-corrected chi connectivity index (χ0v) is 17.2. The summed E-state index contributed by atoms with van der Waals surface area (Å²) in [5.41, 5.74) is -0.586. The van der Waals surface area contributed by atoms with E-state index in [9.17, 15) is 19.2 Å². The summed E-state index contributed by atoms with van der Waals surface area (Å²) in [4.78, 5) is 49.8. The van der Waals surface area contributed by atoms with Gasteiger partial charge in [0.2, 0.25) is 0 Å².